The molecule has 0 aliphatic heterocycles. The average Bonchev–Trinajstić information content (AvgIpc) is 2.46. The standard InChI is InChI=1S/C15H10F7NO/c16-12-5-4-8(6-13(12)23)24-7-9-10(14(17,18)19)2-1-3-11(9)15(20,21)22/h1-6H,7,23H2. The Morgan fingerprint density at radius 2 is 1.42 bits per heavy atom. The van der Waals surface area contributed by atoms with Gasteiger partial charge in [-0.05, 0) is 24.3 Å². The zero-order valence-electron chi connectivity index (χ0n) is 11.8. The maximum Gasteiger partial charge on any atom is 0.416 e. The zero-order valence-corrected chi connectivity index (χ0v) is 11.8. The fraction of sp³-hybridized carbons (Fsp3) is 0.200. The van der Waals surface area contributed by atoms with Crippen LogP contribution in [0.2, 0.25) is 0 Å². The predicted molar refractivity (Wildman–Crippen MR) is 71.6 cm³/mol. The van der Waals surface area contributed by atoms with Crippen LogP contribution in [0, 0.1) is 5.82 Å². The molecule has 2 aromatic carbocycles. The Morgan fingerprint density at radius 1 is 0.875 bits per heavy atom. The molecule has 130 valence electrons. The van der Waals surface area contributed by atoms with E-state index in [9.17, 15) is 30.7 Å². The van der Waals surface area contributed by atoms with E-state index in [1.807, 2.05) is 0 Å². The molecule has 0 aromatic heterocycles. The number of anilines is 1. The molecule has 2 rings (SSSR count). The van der Waals surface area contributed by atoms with Crippen LogP contribution in [-0.4, -0.2) is 0 Å². The normalized spacial score (nSPS) is 12.3. The fourth-order valence-corrected chi connectivity index (χ4v) is 2.04. The van der Waals surface area contributed by atoms with Gasteiger partial charge in [0.05, 0.1) is 16.8 Å². The molecule has 0 radical (unpaired) electrons. The number of hydrogen-bond acceptors (Lipinski definition) is 2. The molecule has 9 heteroatoms. The predicted octanol–water partition coefficient (Wildman–Crippen LogP) is 5.02. The lowest BCUT2D eigenvalue weighted by Gasteiger charge is -2.19. The Labute approximate surface area is 131 Å². The first-order valence-electron chi connectivity index (χ1n) is 6.44. The molecule has 0 saturated heterocycles. The Bertz CT molecular complexity index is 705. The molecule has 0 saturated carbocycles. The quantitative estimate of drug-likeness (QED) is 0.621. The number of nitrogen functional groups attached to an aromatic ring is 1. The van der Waals surface area contributed by atoms with Gasteiger partial charge in [0.25, 0.3) is 0 Å². The highest BCUT2D eigenvalue weighted by Gasteiger charge is 2.40. The Balaban J connectivity index is 2.41. The van der Waals surface area contributed by atoms with Gasteiger partial charge < -0.3 is 10.5 Å². The van der Waals surface area contributed by atoms with Crippen LogP contribution in [0.3, 0.4) is 0 Å². The van der Waals surface area contributed by atoms with Crippen molar-refractivity contribution in [3.63, 3.8) is 0 Å². The lowest BCUT2D eigenvalue weighted by atomic mass is 10.0. The molecule has 24 heavy (non-hydrogen) atoms. The minimum atomic E-state index is -4.98. The van der Waals surface area contributed by atoms with Gasteiger partial charge in [0.15, 0.2) is 0 Å². The second-order valence-corrected chi connectivity index (χ2v) is 4.80. The van der Waals surface area contributed by atoms with Gasteiger partial charge in [-0.2, -0.15) is 26.3 Å². The highest BCUT2D eigenvalue weighted by Crippen LogP contribution is 2.39. The van der Waals surface area contributed by atoms with Gasteiger partial charge in [-0.3, -0.25) is 0 Å². The van der Waals surface area contributed by atoms with Crippen LogP contribution in [0.1, 0.15) is 16.7 Å². The average molecular weight is 353 g/mol. The summed E-state index contributed by atoms with van der Waals surface area (Å²) in [5.41, 5.74) is 0.975. The van der Waals surface area contributed by atoms with E-state index >= 15 is 0 Å². The largest absolute Gasteiger partial charge is 0.489 e. The number of hydrogen-bond donors (Lipinski definition) is 1. The maximum absolute atomic E-state index is 13.0. The molecular formula is C15H10F7NO. The molecule has 0 amide bonds. The third-order valence-corrected chi connectivity index (χ3v) is 3.14. The molecule has 0 bridgehead atoms. The van der Waals surface area contributed by atoms with Crippen molar-refractivity contribution in [3.05, 3.63) is 58.9 Å². The number of halogens is 7. The molecule has 0 fully saturated rings. The van der Waals surface area contributed by atoms with E-state index in [4.69, 9.17) is 10.5 Å². The molecule has 2 nitrogen and oxygen atoms in total. The second kappa shape index (κ2) is 6.21. The van der Waals surface area contributed by atoms with E-state index in [1.54, 1.807) is 0 Å². The van der Waals surface area contributed by atoms with E-state index < -0.39 is 41.5 Å². The van der Waals surface area contributed by atoms with Gasteiger partial charge in [0.2, 0.25) is 0 Å². The van der Waals surface area contributed by atoms with Crippen molar-refractivity contribution in [2.45, 2.75) is 19.0 Å². The summed E-state index contributed by atoms with van der Waals surface area (Å²) >= 11 is 0. The van der Waals surface area contributed by atoms with E-state index in [2.05, 4.69) is 0 Å². The summed E-state index contributed by atoms with van der Waals surface area (Å²) in [4.78, 5) is 0. The molecule has 0 heterocycles. The first-order valence-corrected chi connectivity index (χ1v) is 6.44. The fourth-order valence-electron chi connectivity index (χ4n) is 2.04. The van der Waals surface area contributed by atoms with Crippen molar-refractivity contribution in [2.75, 3.05) is 5.73 Å². The summed E-state index contributed by atoms with van der Waals surface area (Å²) < 4.78 is 95.8. The summed E-state index contributed by atoms with van der Waals surface area (Å²) in [5.74, 6) is -0.937. The number of alkyl halides is 6. The van der Waals surface area contributed by atoms with Crippen molar-refractivity contribution in [1.82, 2.24) is 0 Å². The van der Waals surface area contributed by atoms with Crippen molar-refractivity contribution < 1.29 is 35.5 Å². The minimum absolute atomic E-state index is 0.154. The first-order chi connectivity index (χ1) is 11.0. The minimum Gasteiger partial charge on any atom is -0.489 e. The van der Waals surface area contributed by atoms with Crippen LogP contribution in [0.15, 0.2) is 36.4 Å². The van der Waals surface area contributed by atoms with E-state index in [-0.39, 0.29) is 11.4 Å². The van der Waals surface area contributed by atoms with Gasteiger partial charge in [-0.1, -0.05) is 6.07 Å². The van der Waals surface area contributed by atoms with E-state index in [1.165, 1.54) is 0 Å². The smallest absolute Gasteiger partial charge is 0.416 e. The van der Waals surface area contributed by atoms with Crippen molar-refractivity contribution in [2.24, 2.45) is 0 Å². The van der Waals surface area contributed by atoms with Crippen LogP contribution < -0.4 is 10.5 Å². The molecular weight excluding hydrogens is 343 g/mol. The highest BCUT2D eigenvalue weighted by molar-refractivity contribution is 5.45. The van der Waals surface area contributed by atoms with Gasteiger partial charge in [-0.25, -0.2) is 4.39 Å². The third kappa shape index (κ3) is 3.90. The number of ether oxygens (including phenoxy) is 1. The van der Waals surface area contributed by atoms with Crippen LogP contribution in [0.25, 0.3) is 0 Å². The zero-order chi connectivity index (χ0) is 18.1. The van der Waals surface area contributed by atoms with Gasteiger partial charge >= 0.3 is 12.4 Å². The third-order valence-electron chi connectivity index (χ3n) is 3.14. The van der Waals surface area contributed by atoms with Crippen LogP contribution in [0.4, 0.5) is 36.4 Å². The molecule has 0 aliphatic rings. The van der Waals surface area contributed by atoms with Gasteiger partial charge in [0.1, 0.15) is 18.2 Å². The molecule has 2 aromatic rings. The van der Waals surface area contributed by atoms with Gasteiger partial charge in [-0.15, -0.1) is 0 Å². The lowest BCUT2D eigenvalue weighted by Crippen LogP contribution is -2.18. The van der Waals surface area contributed by atoms with Crippen molar-refractivity contribution >= 4 is 5.69 Å². The maximum atomic E-state index is 13.0. The molecule has 2 N–H and O–H groups in total. The molecule has 0 atom stereocenters. The summed E-state index contributed by atoms with van der Waals surface area (Å²) in [5, 5.41) is 0. The number of nitrogens with two attached hydrogens (primary N) is 1. The Hall–Kier alpha value is -2.45. The monoisotopic (exact) mass is 353 g/mol. The topological polar surface area (TPSA) is 35.2 Å². The van der Waals surface area contributed by atoms with Gasteiger partial charge in [0, 0.05) is 11.6 Å². The van der Waals surface area contributed by atoms with Crippen LogP contribution >= 0.6 is 0 Å². The second-order valence-electron chi connectivity index (χ2n) is 4.80. The number of rotatable bonds is 3. The van der Waals surface area contributed by atoms with Crippen molar-refractivity contribution in [3.8, 4) is 5.75 Å². The Morgan fingerprint density at radius 3 is 1.88 bits per heavy atom. The lowest BCUT2D eigenvalue weighted by molar-refractivity contribution is -0.145. The molecule has 0 unspecified atom stereocenters. The SMILES string of the molecule is Nc1cc(OCc2c(C(F)(F)F)cccc2C(F)(F)F)ccc1F. The summed E-state index contributed by atoms with van der Waals surface area (Å²) in [6.07, 6.45) is -9.97. The highest BCUT2D eigenvalue weighted by atomic mass is 19.4. The van der Waals surface area contributed by atoms with E-state index in [0.29, 0.717) is 18.2 Å². The van der Waals surface area contributed by atoms with E-state index in [0.717, 1.165) is 18.2 Å². The summed E-state index contributed by atoms with van der Waals surface area (Å²) in [7, 11) is 0. The van der Waals surface area contributed by atoms with Crippen LogP contribution in [0.5, 0.6) is 5.75 Å². The molecule has 0 spiro atoms. The Kier molecular flexibility index (Phi) is 4.63. The summed E-state index contributed by atoms with van der Waals surface area (Å²) in [6, 6.07) is 4.66. The van der Waals surface area contributed by atoms with Crippen molar-refractivity contribution in [1.29, 1.82) is 0 Å². The first kappa shape index (κ1) is 17.9. The summed E-state index contributed by atoms with van der Waals surface area (Å²) in [6.45, 7) is -1.00. The molecule has 0 aliphatic carbocycles. The number of benzene rings is 2. The van der Waals surface area contributed by atoms with Crippen LogP contribution in [-0.2, 0) is 19.0 Å².